The van der Waals surface area contributed by atoms with Gasteiger partial charge >= 0.3 is 6.18 Å². The van der Waals surface area contributed by atoms with Crippen LogP contribution in [0.15, 0.2) is 42.5 Å². The van der Waals surface area contributed by atoms with Crippen molar-refractivity contribution in [3.63, 3.8) is 0 Å². The number of rotatable bonds is 3. The van der Waals surface area contributed by atoms with Crippen molar-refractivity contribution in [2.75, 3.05) is 5.73 Å². The van der Waals surface area contributed by atoms with Gasteiger partial charge in [0.1, 0.15) is 11.6 Å². The number of allylic oxidation sites excluding steroid dienone is 1. The molecule has 1 aromatic heterocycles. The second kappa shape index (κ2) is 5.87. The molecular formula is C15H13F3N2O. The van der Waals surface area contributed by atoms with Crippen molar-refractivity contribution in [1.29, 1.82) is 0 Å². The van der Waals surface area contributed by atoms with Gasteiger partial charge in [0, 0.05) is 11.6 Å². The molecule has 2 rings (SSSR count). The van der Waals surface area contributed by atoms with Gasteiger partial charge in [0.15, 0.2) is 0 Å². The van der Waals surface area contributed by atoms with Gasteiger partial charge in [-0.1, -0.05) is 30.4 Å². The number of anilines is 1. The normalized spacial score (nSPS) is 11.8. The molecule has 0 saturated heterocycles. The smallest absolute Gasteiger partial charge is 0.416 e. The van der Waals surface area contributed by atoms with Gasteiger partial charge < -0.3 is 10.5 Å². The maximum absolute atomic E-state index is 12.7. The number of ether oxygens (including phenoxy) is 1. The van der Waals surface area contributed by atoms with E-state index in [9.17, 15) is 13.2 Å². The minimum atomic E-state index is -4.50. The van der Waals surface area contributed by atoms with Crippen molar-refractivity contribution < 1.29 is 17.9 Å². The van der Waals surface area contributed by atoms with Crippen LogP contribution in [0.1, 0.15) is 18.1 Å². The number of nitrogens with zero attached hydrogens (tertiary/aromatic N) is 1. The Hall–Kier alpha value is -2.50. The summed E-state index contributed by atoms with van der Waals surface area (Å²) in [5.74, 6) is -0.0376. The number of alkyl halides is 3. The molecular weight excluding hydrogens is 281 g/mol. The quantitative estimate of drug-likeness (QED) is 0.906. The third-order valence-corrected chi connectivity index (χ3v) is 2.63. The SMILES string of the molecule is C/C=C/c1ccccc1Oc1cc(C(F)(F)F)cc(N)n1. The summed E-state index contributed by atoms with van der Waals surface area (Å²) in [6.07, 6.45) is -0.916. The molecule has 1 aromatic carbocycles. The second-order valence-corrected chi connectivity index (χ2v) is 4.26. The van der Waals surface area contributed by atoms with E-state index in [1.54, 1.807) is 36.4 Å². The first-order chi connectivity index (χ1) is 9.90. The first-order valence-electron chi connectivity index (χ1n) is 6.14. The second-order valence-electron chi connectivity index (χ2n) is 4.26. The van der Waals surface area contributed by atoms with Crippen LogP contribution >= 0.6 is 0 Å². The Morgan fingerprint density at radius 2 is 1.90 bits per heavy atom. The van der Waals surface area contributed by atoms with E-state index >= 15 is 0 Å². The van der Waals surface area contributed by atoms with E-state index in [-0.39, 0.29) is 11.7 Å². The van der Waals surface area contributed by atoms with Crippen LogP contribution in [0.5, 0.6) is 11.6 Å². The predicted molar refractivity (Wildman–Crippen MR) is 74.9 cm³/mol. The highest BCUT2D eigenvalue weighted by Gasteiger charge is 2.31. The molecule has 2 aromatic rings. The van der Waals surface area contributed by atoms with Gasteiger partial charge in [-0.05, 0) is 19.1 Å². The molecule has 0 fully saturated rings. The van der Waals surface area contributed by atoms with Crippen molar-refractivity contribution in [3.8, 4) is 11.6 Å². The van der Waals surface area contributed by atoms with Crippen LogP contribution in [0.4, 0.5) is 19.0 Å². The first kappa shape index (κ1) is 14.9. The summed E-state index contributed by atoms with van der Waals surface area (Å²) >= 11 is 0. The third kappa shape index (κ3) is 3.75. The highest BCUT2D eigenvalue weighted by atomic mass is 19.4. The Balaban J connectivity index is 2.38. The van der Waals surface area contributed by atoms with E-state index in [0.717, 1.165) is 17.7 Å². The summed E-state index contributed by atoms with van der Waals surface area (Å²) < 4.78 is 43.6. The van der Waals surface area contributed by atoms with Gasteiger partial charge in [0.25, 0.3) is 0 Å². The molecule has 0 spiro atoms. The average molecular weight is 294 g/mol. The molecule has 6 heteroatoms. The summed E-state index contributed by atoms with van der Waals surface area (Å²) in [7, 11) is 0. The van der Waals surface area contributed by atoms with E-state index in [2.05, 4.69) is 4.98 Å². The maximum atomic E-state index is 12.7. The first-order valence-corrected chi connectivity index (χ1v) is 6.14. The zero-order valence-corrected chi connectivity index (χ0v) is 11.2. The molecule has 0 aliphatic carbocycles. The van der Waals surface area contributed by atoms with Crippen molar-refractivity contribution in [2.24, 2.45) is 0 Å². The van der Waals surface area contributed by atoms with E-state index in [1.807, 2.05) is 6.92 Å². The summed E-state index contributed by atoms with van der Waals surface area (Å²) in [4.78, 5) is 3.78. The van der Waals surface area contributed by atoms with Gasteiger partial charge in [-0.15, -0.1) is 0 Å². The molecule has 0 unspecified atom stereocenters. The van der Waals surface area contributed by atoms with Gasteiger partial charge in [-0.3, -0.25) is 0 Å². The summed E-state index contributed by atoms with van der Waals surface area (Å²) in [6.45, 7) is 1.83. The number of para-hydroxylation sites is 1. The summed E-state index contributed by atoms with van der Waals surface area (Å²) in [5, 5.41) is 0. The molecule has 110 valence electrons. The monoisotopic (exact) mass is 294 g/mol. The molecule has 0 amide bonds. The summed E-state index contributed by atoms with van der Waals surface area (Å²) in [5.41, 5.74) is 5.24. The van der Waals surface area contributed by atoms with Crippen LogP contribution in [0.25, 0.3) is 6.08 Å². The fraction of sp³-hybridized carbons (Fsp3) is 0.133. The number of aromatic nitrogens is 1. The number of hydrogen-bond donors (Lipinski definition) is 1. The molecule has 21 heavy (non-hydrogen) atoms. The lowest BCUT2D eigenvalue weighted by molar-refractivity contribution is -0.137. The molecule has 2 N–H and O–H groups in total. The molecule has 0 bridgehead atoms. The highest BCUT2D eigenvalue weighted by molar-refractivity contribution is 5.57. The fourth-order valence-electron chi connectivity index (χ4n) is 1.75. The molecule has 3 nitrogen and oxygen atoms in total. The van der Waals surface area contributed by atoms with Crippen LogP contribution < -0.4 is 10.5 Å². The van der Waals surface area contributed by atoms with Crippen LogP contribution in [0, 0.1) is 0 Å². The Bertz CT molecular complexity index is 666. The Morgan fingerprint density at radius 1 is 1.19 bits per heavy atom. The lowest BCUT2D eigenvalue weighted by Crippen LogP contribution is -2.07. The van der Waals surface area contributed by atoms with E-state index in [1.165, 1.54) is 0 Å². The highest BCUT2D eigenvalue weighted by Crippen LogP contribution is 2.33. The predicted octanol–water partition coefficient (Wildman–Crippen LogP) is 4.51. The van der Waals surface area contributed by atoms with Crippen LogP contribution in [-0.2, 0) is 6.18 Å². The van der Waals surface area contributed by atoms with Crippen LogP contribution in [0.2, 0.25) is 0 Å². The number of pyridine rings is 1. The molecule has 0 aliphatic rings. The molecule has 0 saturated carbocycles. The number of halogens is 3. The van der Waals surface area contributed by atoms with Crippen LogP contribution in [-0.4, -0.2) is 4.98 Å². The molecule has 1 heterocycles. The Labute approximate surface area is 119 Å². The standard InChI is InChI=1S/C15H13F3N2O/c1-2-5-10-6-3-4-7-12(10)21-14-9-11(15(16,17)18)8-13(19)20-14/h2-9H,1H3,(H2,19,20)/b5-2+. The van der Waals surface area contributed by atoms with Crippen molar-refractivity contribution >= 4 is 11.9 Å². The van der Waals surface area contributed by atoms with Gasteiger partial charge in [0.05, 0.1) is 5.56 Å². The molecule has 0 aliphatic heterocycles. The average Bonchev–Trinajstić information content (AvgIpc) is 2.40. The minimum absolute atomic E-state index is 0.195. The number of nitrogen functional groups attached to an aromatic ring is 1. The lowest BCUT2D eigenvalue weighted by atomic mass is 10.2. The largest absolute Gasteiger partial charge is 0.438 e. The zero-order chi connectivity index (χ0) is 15.5. The number of benzene rings is 1. The van der Waals surface area contributed by atoms with Gasteiger partial charge in [-0.25, -0.2) is 0 Å². The zero-order valence-electron chi connectivity index (χ0n) is 11.2. The van der Waals surface area contributed by atoms with Crippen molar-refractivity contribution in [2.45, 2.75) is 13.1 Å². The number of hydrogen-bond acceptors (Lipinski definition) is 3. The summed E-state index contributed by atoms with van der Waals surface area (Å²) in [6, 6.07) is 8.54. The van der Waals surface area contributed by atoms with E-state index in [4.69, 9.17) is 10.5 Å². The van der Waals surface area contributed by atoms with Gasteiger partial charge in [-0.2, -0.15) is 18.2 Å². The third-order valence-electron chi connectivity index (χ3n) is 2.63. The van der Waals surface area contributed by atoms with E-state index in [0.29, 0.717) is 5.75 Å². The maximum Gasteiger partial charge on any atom is 0.416 e. The van der Waals surface area contributed by atoms with E-state index < -0.39 is 11.7 Å². The molecule has 0 atom stereocenters. The van der Waals surface area contributed by atoms with Crippen molar-refractivity contribution in [3.05, 3.63) is 53.6 Å². The minimum Gasteiger partial charge on any atom is -0.438 e. The topological polar surface area (TPSA) is 48.1 Å². The van der Waals surface area contributed by atoms with Gasteiger partial charge in [0.2, 0.25) is 5.88 Å². The van der Waals surface area contributed by atoms with Crippen molar-refractivity contribution in [1.82, 2.24) is 4.98 Å². The Kier molecular flexibility index (Phi) is 4.16. The molecule has 0 radical (unpaired) electrons. The Morgan fingerprint density at radius 3 is 2.57 bits per heavy atom. The number of nitrogens with two attached hydrogens (primary N) is 1. The van der Waals surface area contributed by atoms with Crippen LogP contribution in [0.3, 0.4) is 0 Å². The lowest BCUT2D eigenvalue weighted by Gasteiger charge is -2.11. The fourth-order valence-corrected chi connectivity index (χ4v) is 1.75.